The third-order valence-corrected chi connectivity index (χ3v) is 4.02. The van der Waals surface area contributed by atoms with Gasteiger partial charge in [0, 0.05) is 24.8 Å². The summed E-state index contributed by atoms with van der Waals surface area (Å²) in [7, 11) is 0. The molecule has 0 aromatic heterocycles. The number of carboxylic acids is 1. The van der Waals surface area contributed by atoms with Crippen molar-refractivity contribution in [3.8, 4) is 0 Å². The smallest absolute Gasteiger partial charge is 0.323 e. The van der Waals surface area contributed by atoms with Gasteiger partial charge in [-0.05, 0) is 43.5 Å². The van der Waals surface area contributed by atoms with Gasteiger partial charge in [0.05, 0.1) is 0 Å². The van der Waals surface area contributed by atoms with Crippen LogP contribution in [0, 0.1) is 5.82 Å². The third kappa shape index (κ3) is 2.42. The summed E-state index contributed by atoms with van der Waals surface area (Å²) in [6.45, 7) is 1.65. The van der Waals surface area contributed by atoms with Gasteiger partial charge in [0.15, 0.2) is 0 Å². The molecule has 0 amide bonds. The summed E-state index contributed by atoms with van der Waals surface area (Å²) < 4.78 is 12.9. The number of carboxylic acid groups (broad SMARTS) is 1. The Morgan fingerprint density at radius 2 is 2.05 bits per heavy atom. The van der Waals surface area contributed by atoms with E-state index in [2.05, 4.69) is 10.2 Å². The Morgan fingerprint density at radius 1 is 1.37 bits per heavy atom. The molecule has 1 aliphatic carbocycles. The molecule has 4 nitrogen and oxygen atoms in total. The van der Waals surface area contributed by atoms with Crippen LogP contribution >= 0.6 is 0 Å². The van der Waals surface area contributed by atoms with E-state index in [9.17, 15) is 9.18 Å². The Bertz CT molecular complexity index is 485. The number of halogens is 1. The number of nitrogens with one attached hydrogen (secondary N) is 1. The minimum absolute atomic E-state index is 0.198. The lowest BCUT2D eigenvalue weighted by Crippen LogP contribution is -2.46. The molecule has 1 aromatic rings. The van der Waals surface area contributed by atoms with Gasteiger partial charge in [0.25, 0.3) is 0 Å². The van der Waals surface area contributed by atoms with E-state index >= 15 is 0 Å². The van der Waals surface area contributed by atoms with Gasteiger partial charge in [0.2, 0.25) is 0 Å². The topological polar surface area (TPSA) is 52.6 Å². The van der Waals surface area contributed by atoms with E-state index in [1.165, 1.54) is 12.1 Å². The predicted octanol–water partition coefficient (Wildman–Crippen LogP) is 1.61. The molecule has 1 atom stereocenters. The van der Waals surface area contributed by atoms with Crippen LogP contribution in [0.4, 0.5) is 10.1 Å². The summed E-state index contributed by atoms with van der Waals surface area (Å²) in [5.74, 6) is -0.979. The van der Waals surface area contributed by atoms with Gasteiger partial charge < -0.3 is 10.0 Å². The van der Waals surface area contributed by atoms with Gasteiger partial charge in [-0.1, -0.05) is 0 Å². The van der Waals surface area contributed by atoms with Gasteiger partial charge in [-0.3, -0.25) is 10.1 Å². The SMILES string of the molecule is O=C(O)C1(N[C@H]2CCN(c3ccc(F)cc3)C2)CC1. The standard InChI is InChI=1S/C14H17FN2O2/c15-10-1-3-12(4-2-10)17-8-5-11(9-17)16-14(6-7-14)13(18)19/h1-4,11,16H,5-9H2,(H,18,19)/t11-/m0/s1. The maximum Gasteiger partial charge on any atom is 0.323 e. The molecule has 0 radical (unpaired) electrons. The van der Waals surface area contributed by atoms with Crippen molar-refractivity contribution in [2.75, 3.05) is 18.0 Å². The molecule has 0 unspecified atom stereocenters. The summed E-state index contributed by atoms with van der Waals surface area (Å²) in [4.78, 5) is 13.3. The summed E-state index contributed by atoms with van der Waals surface area (Å²) in [5.41, 5.74) is 0.314. The Kier molecular flexibility index (Phi) is 2.93. The van der Waals surface area contributed by atoms with E-state index in [-0.39, 0.29) is 11.9 Å². The van der Waals surface area contributed by atoms with Gasteiger partial charge in [-0.2, -0.15) is 0 Å². The molecule has 2 N–H and O–H groups in total. The number of nitrogens with zero attached hydrogens (tertiary/aromatic N) is 1. The Hall–Kier alpha value is -1.62. The molecule has 1 saturated heterocycles. The zero-order valence-corrected chi connectivity index (χ0v) is 10.6. The molecule has 2 aliphatic rings. The first-order valence-corrected chi connectivity index (χ1v) is 6.61. The van der Waals surface area contributed by atoms with Crippen molar-refractivity contribution in [1.29, 1.82) is 0 Å². The number of hydrogen-bond acceptors (Lipinski definition) is 3. The number of anilines is 1. The maximum atomic E-state index is 12.9. The molecule has 1 saturated carbocycles. The van der Waals surface area contributed by atoms with Gasteiger partial charge in [-0.15, -0.1) is 0 Å². The lowest BCUT2D eigenvalue weighted by atomic mass is 10.2. The second-order valence-electron chi connectivity index (χ2n) is 5.44. The van der Waals surface area contributed by atoms with Crippen molar-refractivity contribution in [2.45, 2.75) is 30.8 Å². The molecular formula is C14H17FN2O2. The quantitative estimate of drug-likeness (QED) is 0.867. The van der Waals surface area contributed by atoms with E-state index in [0.717, 1.165) is 38.0 Å². The fourth-order valence-corrected chi connectivity index (χ4v) is 2.70. The van der Waals surface area contributed by atoms with E-state index in [4.69, 9.17) is 5.11 Å². The zero-order chi connectivity index (χ0) is 13.5. The second kappa shape index (κ2) is 4.49. The van der Waals surface area contributed by atoms with Crippen LogP contribution in [0.2, 0.25) is 0 Å². The van der Waals surface area contributed by atoms with Crippen LogP contribution in [0.25, 0.3) is 0 Å². The Balaban J connectivity index is 1.61. The number of benzene rings is 1. The van der Waals surface area contributed by atoms with E-state index in [1.807, 2.05) is 0 Å². The van der Waals surface area contributed by atoms with Crippen molar-refractivity contribution in [2.24, 2.45) is 0 Å². The average molecular weight is 264 g/mol. The summed E-state index contributed by atoms with van der Waals surface area (Å²) >= 11 is 0. The molecule has 0 spiro atoms. The van der Waals surface area contributed by atoms with Gasteiger partial charge >= 0.3 is 5.97 Å². The summed E-state index contributed by atoms with van der Waals surface area (Å²) in [6, 6.07) is 6.64. The number of aliphatic carboxylic acids is 1. The van der Waals surface area contributed by atoms with Crippen molar-refractivity contribution in [3.05, 3.63) is 30.1 Å². The maximum absolute atomic E-state index is 12.9. The highest BCUT2D eigenvalue weighted by Gasteiger charge is 2.51. The molecule has 102 valence electrons. The molecule has 19 heavy (non-hydrogen) atoms. The van der Waals surface area contributed by atoms with Crippen LogP contribution in [0.3, 0.4) is 0 Å². The predicted molar refractivity (Wildman–Crippen MR) is 69.8 cm³/mol. The monoisotopic (exact) mass is 264 g/mol. The molecule has 1 heterocycles. The van der Waals surface area contributed by atoms with Crippen molar-refractivity contribution < 1.29 is 14.3 Å². The molecule has 1 aromatic carbocycles. The lowest BCUT2D eigenvalue weighted by molar-refractivity contribution is -0.140. The van der Waals surface area contributed by atoms with Crippen molar-refractivity contribution in [3.63, 3.8) is 0 Å². The van der Waals surface area contributed by atoms with Crippen LogP contribution in [0.1, 0.15) is 19.3 Å². The zero-order valence-electron chi connectivity index (χ0n) is 10.6. The highest BCUT2D eigenvalue weighted by Crippen LogP contribution is 2.37. The third-order valence-electron chi connectivity index (χ3n) is 4.02. The fraction of sp³-hybridized carbons (Fsp3) is 0.500. The molecule has 1 aliphatic heterocycles. The normalized spacial score (nSPS) is 24.5. The van der Waals surface area contributed by atoms with E-state index < -0.39 is 11.5 Å². The van der Waals surface area contributed by atoms with Gasteiger partial charge in [-0.25, -0.2) is 4.39 Å². The minimum atomic E-state index is -0.743. The highest BCUT2D eigenvalue weighted by molar-refractivity contribution is 5.82. The van der Waals surface area contributed by atoms with Crippen molar-refractivity contribution >= 4 is 11.7 Å². The lowest BCUT2D eigenvalue weighted by Gasteiger charge is -2.21. The average Bonchev–Trinajstić information content (AvgIpc) is 3.02. The fourth-order valence-electron chi connectivity index (χ4n) is 2.70. The summed E-state index contributed by atoms with van der Waals surface area (Å²) in [6.07, 6.45) is 2.36. The van der Waals surface area contributed by atoms with Crippen LogP contribution in [-0.4, -0.2) is 35.7 Å². The largest absolute Gasteiger partial charge is 0.480 e. The first-order chi connectivity index (χ1) is 9.09. The van der Waals surface area contributed by atoms with Crippen LogP contribution in [0.5, 0.6) is 0 Å². The van der Waals surface area contributed by atoms with Gasteiger partial charge in [0.1, 0.15) is 11.4 Å². The molecule has 0 bridgehead atoms. The molecular weight excluding hydrogens is 247 g/mol. The van der Waals surface area contributed by atoms with Crippen molar-refractivity contribution in [1.82, 2.24) is 5.32 Å². The van der Waals surface area contributed by atoms with Crippen LogP contribution in [0.15, 0.2) is 24.3 Å². The number of hydrogen-bond donors (Lipinski definition) is 2. The van der Waals surface area contributed by atoms with E-state index in [1.54, 1.807) is 12.1 Å². The van der Waals surface area contributed by atoms with Crippen LogP contribution in [-0.2, 0) is 4.79 Å². The minimum Gasteiger partial charge on any atom is -0.480 e. The first kappa shape index (κ1) is 12.4. The number of carbonyl (C=O) groups is 1. The Morgan fingerprint density at radius 3 is 2.63 bits per heavy atom. The molecule has 3 rings (SSSR count). The number of rotatable bonds is 4. The summed E-state index contributed by atoms with van der Waals surface area (Å²) in [5, 5.41) is 12.4. The first-order valence-electron chi connectivity index (χ1n) is 6.61. The molecule has 5 heteroatoms. The van der Waals surface area contributed by atoms with E-state index in [0.29, 0.717) is 0 Å². The highest BCUT2D eigenvalue weighted by atomic mass is 19.1. The van der Waals surface area contributed by atoms with Crippen LogP contribution < -0.4 is 10.2 Å². The Labute approximate surface area is 111 Å². The second-order valence-corrected chi connectivity index (χ2v) is 5.44. The molecule has 2 fully saturated rings.